The maximum Gasteiger partial charge on any atom is 0.187 e. The monoisotopic (exact) mass is 853 g/mol. The number of aliphatic hydroxyl groups excluding tert-OH is 8. The summed E-state index contributed by atoms with van der Waals surface area (Å²) in [6.07, 6.45) is -8.97. The smallest absolute Gasteiger partial charge is 0.187 e. The normalized spacial score (nSPS) is 59.0. The molecule has 0 radical (unpaired) electrons. The first kappa shape index (κ1) is 44.3. The minimum absolute atomic E-state index is 0.0428. The van der Waals surface area contributed by atoms with Gasteiger partial charge in [0.1, 0.15) is 61.0 Å². The minimum Gasteiger partial charge on any atom is -0.394 e. The Hall–Kier alpha value is -0.860. The fourth-order valence-corrected chi connectivity index (χ4v) is 15.0. The van der Waals surface area contributed by atoms with Crippen LogP contribution in [0.2, 0.25) is 0 Å². The van der Waals surface area contributed by atoms with E-state index >= 15 is 0 Å². The Labute approximate surface area is 354 Å². The van der Waals surface area contributed by atoms with E-state index in [4.69, 9.17) is 28.4 Å². The summed E-state index contributed by atoms with van der Waals surface area (Å²) >= 11 is 0. The Balaban J connectivity index is 0.927. The molecule has 0 bridgehead atoms. The lowest BCUT2D eigenvalue weighted by atomic mass is 9.47. The number of allylic oxidation sites excluding steroid dienone is 1. The van der Waals surface area contributed by atoms with Crippen LogP contribution in [0.25, 0.3) is 0 Å². The van der Waals surface area contributed by atoms with Gasteiger partial charge in [0.2, 0.25) is 0 Å². The van der Waals surface area contributed by atoms with E-state index in [1.54, 1.807) is 0 Å². The van der Waals surface area contributed by atoms with Crippen molar-refractivity contribution in [2.24, 2.45) is 46.3 Å². The van der Waals surface area contributed by atoms with Crippen LogP contribution in [0, 0.1) is 46.3 Å². The average molecular weight is 853 g/mol. The third-order valence-corrected chi connectivity index (χ3v) is 18.2. The van der Waals surface area contributed by atoms with Crippen LogP contribution in [0.4, 0.5) is 0 Å². The van der Waals surface area contributed by atoms with Gasteiger partial charge in [-0.2, -0.15) is 0 Å². The van der Waals surface area contributed by atoms with Crippen molar-refractivity contribution in [3.8, 4) is 0 Å². The molecule has 0 aromatic heterocycles. The first-order valence-corrected chi connectivity index (χ1v) is 23.3. The lowest BCUT2D eigenvalue weighted by molar-refractivity contribution is -0.946. The van der Waals surface area contributed by atoms with E-state index < -0.39 is 98.7 Å². The molecule has 9 rings (SSSR count). The van der Waals surface area contributed by atoms with Gasteiger partial charge in [-0.1, -0.05) is 39.3 Å². The van der Waals surface area contributed by atoms with Crippen LogP contribution in [-0.2, 0) is 28.4 Å². The molecule has 5 saturated heterocycles. The third kappa shape index (κ3) is 7.11. The predicted octanol–water partition coefficient (Wildman–Crippen LogP) is -0.234. The number of aliphatic hydroxyl groups is 8. The number of nitrogens with one attached hydrogen (secondary N) is 1. The highest BCUT2D eigenvalue weighted by Gasteiger charge is 2.69. The summed E-state index contributed by atoms with van der Waals surface area (Å²) in [6, 6.07) is 1.62. The van der Waals surface area contributed by atoms with Gasteiger partial charge in [-0.15, -0.1) is 0 Å². The van der Waals surface area contributed by atoms with Crippen LogP contribution in [0.3, 0.4) is 0 Å². The van der Waals surface area contributed by atoms with Crippen molar-refractivity contribution < 1.29 is 74.2 Å². The van der Waals surface area contributed by atoms with Gasteiger partial charge in [-0.25, -0.2) is 0 Å². The maximum atomic E-state index is 12.0. The SMILES string of the molecule is C[C@H]1CC[C@@H]2[C@@H](C)[C@H]3[C@H](C[C@H]4[C@@H]5CC=C6C[C@@H](O[C@@H]7O[C@H](CO)[C@@H](O[C@@H]8O[C@@H](C)[C@H](O)[C@@H](O)[C@H]8O)[C@H](O)[C@H]7O[C@@H]7O[C@@H](C)[C@H](O)[C@@H](O)[C@H]7O)CC[C@]6(C)[C@H]5CC[C@]34C)[NH+]2C1. The van der Waals surface area contributed by atoms with Gasteiger partial charge in [0.25, 0.3) is 0 Å². The fourth-order valence-electron chi connectivity index (χ4n) is 15.0. The van der Waals surface area contributed by atoms with Gasteiger partial charge < -0.3 is 74.2 Å². The topological polar surface area (TPSA) is 222 Å². The zero-order valence-corrected chi connectivity index (χ0v) is 36.2. The molecule has 5 aliphatic heterocycles. The summed E-state index contributed by atoms with van der Waals surface area (Å²) in [5, 5.41) is 85.9. The Morgan fingerprint density at radius 1 is 0.683 bits per heavy atom. The first-order valence-electron chi connectivity index (χ1n) is 23.3. The second-order valence-corrected chi connectivity index (χ2v) is 21.4. The largest absolute Gasteiger partial charge is 0.394 e. The Morgan fingerprint density at radius 2 is 1.33 bits per heavy atom. The molecule has 1 unspecified atom stereocenters. The molecule has 8 fully saturated rings. The molecule has 0 spiro atoms. The summed E-state index contributed by atoms with van der Waals surface area (Å²) < 4.78 is 36.7. The second kappa shape index (κ2) is 16.5. The summed E-state index contributed by atoms with van der Waals surface area (Å²) in [5.74, 6) is 4.42. The zero-order chi connectivity index (χ0) is 42.7. The molecule has 5 heterocycles. The molecular formula is C45H74NO14+. The minimum atomic E-state index is -1.70. The summed E-state index contributed by atoms with van der Waals surface area (Å²) in [5.41, 5.74) is 1.83. The van der Waals surface area contributed by atoms with Crippen LogP contribution >= 0.6 is 0 Å². The van der Waals surface area contributed by atoms with E-state index in [1.165, 1.54) is 58.1 Å². The quantitative estimate of drug-likeness (QED) is 0.151. The Bertz CT molecular complexity index is 1570. The van der Waals surface area contributed by atoms with Crippen molar-refractivity contribution in [2.45, 2.75) is 210 Å². The Morgan fingerprint density at radius 3 is 1.98 bits per heavy atom. The number of piperidine rings is 1. The number of rotatable bonds is 7. The van der Waals surface area contributed by atoms with E-state index in [2.05, 4.69) is 33.8 Å². The molecule has 342 valence electrons. The number of quaternary nitrogens is 1. The zero-order valence-electron chi connectivity index (χ0n) is 36.2. The van der Waals surface area contributed by atoms with Crippen LogP contribution in [0.5, 0.6) is 0 Å². The molecule has 27 atom stereocenters. The molecule has 15 nitrogen and oxygen atoms in total. The van der Waals surface area contributed by atoms with Crippen LogP contribution in [-0.4, -0.2) is 164 Å². The Kier molecular flexibility index (Phi) is 12.2. The molecule has 0 aromatic carbocycles. The van der Waals surface area contributed by atoms with Gasteiger partial charge in [-0.05, 0) is 87.4 Å². The number of hydrogen-bond donors (Lipinski definition) is 9. The highest BCUT2D eigenvalue weighted by atomic mass is 16.8. The molecule has 9 N–H and O–H groups in total. The van der Waals surface area contributed by atoms with Crippen molar-refractivity contribution in [1.82, 2.24) is 0 Å². The molecule has 15 heteroatoms. The molecule has 0 amide bonds. The van der Waals surface area contributed by atoms with Gasteiger partial charge in [0, 0.05) is 30.6 Å². The molecule has 0 aromatic rings. The molecule has 9 aliphatic rings. The van der Waals surface area contributed by atoms with Gasteiger partial charge in [-0.3, -0.25) is 0 Å². The average Bonchev–Trinajstić information content (AvgIpc) is 3.69. The van der Waals surface area contributed by atoms with Gasteiger partial charge >= 0.3 is 0 Å². The molecule has 4 aliphatic carbocycles. The van der Waals surface area contributed by atoms with Crippen LogP contribution < -0.4 is 4.90 Å². The van der Waals surface area contributed by atoms with Crippen molar-refractivity contribution >= 4 is 0 Å². The summed E-state index contributed by atoms with van der Waals surface area (Å²) in [6.45, 7) is 13.9. The lowest BCUT2D eigenvalue weighted by Gasteiger charge is -2.58. The number of fused-ring (bicyclic) bond motifs is 9. The van der Waals surface area contributed by atoms with Crippen LogP contribution in [0.15, 0.2) is 11.6 Å². The van der Waals surface area contributed by atoms with Crippen LogP contribution in [0.1, 0.15) is 99.3 Å². The molecule has 3 saturated carbocycles. The summed E-state index contributed by atoms with van der Waals surface area (Å²) in [4.78, 5) is 1.92. The molecular weight excluding hydrogens is 778 g/mol. The van der Waals surface area contributed by atoms with E-state index in [9.17, 15) is 40.9 Å². The predicted molar refractivity (Wildman–Crippen MR) is 213 cm³/mol. The fraction of sp³-hybridized carbons (Fsp3) is 0.956. The third-order valence-electron chi connectivity index (χ3n) is 18.2. The van der Waals surface area contributed by atoms with Crippen molar-refractivity contribution in [1.29, 1.82) is 0 Å². The molecule has 60 heavy (non-hydrogen) atoms. The van der Waals surface area contributed by atoms with E-state index in [0.29, 0.717) is 23.7 Å². The number of ether oxygens (including phenoxy) is 6. The van der Waals surface area contributed by atoms with E-state index in [0.717, 1.165) is 55.0 Å². The van der Waals surface area contributed by atoms with Gasteiger partial charge in [0.15, 0.2) is 18.9 Å². The maximum absolute atomic E-state index is 12.0. The van der Waals surface area contributed by atoms with Crippen molar-refractivity contribution in [2.75, 3.05) is 13.2 Å². The van der Waals surface area contributed by atoms with Gasteiger partial charge in [0.05, 0.1) is 43.5 Å². The van der Waals surface area contributed by atoms with Crippen molar-refractivity contribution in [3.05, 3.63) is 11.6 Å². The van der Waals surface area contributed by atoms with E-state index in [-0.39, 0.29) is 11.5 Å². The number of hydrogen-bond acceptors (Lipinski definition) is 14. The highest BCUT2D eigenvalue weighted by molar-refractivity contribution is 5.26. The highest BCUT2D eigenvalue weighted by Crippen LogP contribution is 2.68. The van der Waals surface area contributed by atoms with Crippen molar-refractivity contribution in [3.63, 3.8) is 0 Å². The second-order valence-electron chi connectivity index (χ2n) is 21.4. The first-order chi connectivity index (χ1) is 28.5. The lowest BCUT2D eigenvalue weighted by Crippen LogP contribution is -3.18. The summed E-state index contributed by atoms with van der Waals surface area (Å²) in [7, 11) is 0. The standard InChI is InChI=1S/C45H73NO14/c1-19-7-10-28-20(2)31-29(46(28)17-19)16-27-25-9-8-23-15-24(11-13-44(23,5)26(25)12-14-45(27,31)6)57-43-40(60-42-37(53)35(51)33(49)22(4)56-42)38(54)39(30(18-47)58-43)59-41-36(52)34(50)32(48)21(3)55-41/h8,19-22,24-43,47-54H,7,9-18H2,1-6H3/p+1/t19-,20+,21-,22-,24-,25+,26-,27-,28+,29-,30+,31-,32-,33-,34+,35+,36+,37+,38-,39+,40+,41-,42-,43+,44-,45-/m0/s1. The van der Waals surface area contributed by atoms with E-state index in [1.807, 2.05) is 4.90 Å².